The highest BCUT2D eigenvalue weighted by molar-refractivity contribution is 5.77. The minimum absolute atomic E-state index is 0.0361. The molecule has 0 bridgehead atoms. The van der Waals surface area contributed by atoms with Gasteiger partial charge in [0.25, 0.3) is 6.01 Å². The maximum absolute atomic E-state index is 14.9. The number of rotatable bonds is 13. The molecule has 12 nitrogen and oxygen atoms in total. The SMILES string of the molecule is CCOc1cc(CN2CCC(N(c3nc4cc(OC(F)(F)F)ccc4o3)C3CCN(Nc4nc5cc(OC(F)(F)F)ccc5o4)CC3)CC2)cc(OCC)c1F. The Balaban J connectivity index is 1.06. The quantitative estimate of drug-likeness (QED) is 0.115. The summed E-state index contributed by atoms with van der Waals surface area (Å²) < 4.78 is 123. The number of piperidine rings is 2. The van der Waals surface area contributed by atoms with Gasteiger partial charge in [-0.15, -0.1) is 26.3 Å². The van der Waals surface area contributed by atoms with Gasteiger partial charge in [0, 0.05) is 56.9 Å². The lowest BCUT2D eigenvalue weighted by molar-refractivity contribution is -0.275. The van der Waals surface area contributed by atoms with Gasteiger partial charge < -0.3 is 32.7 Å². The van der Waals surface area contributed by atoms with Crippen molar-refractivity contribution >= 4 is 34.2 Å². The zero-order valence-corrected chi connectivity index (χ0v) is 30.4. The molecule has 0 saturated carbocycles. The second kappa shape index (κ2) is 16.1. The summed E-state index contributed by atoms with van der Waals surface area (Å²) in [6.07, 6.45) is -7.06. The van der Waals surface area contributed by atoms with Crippen LogP contribution in [0.15, 0.2) is 57.4 Å². The fraction of sp³-hybridized carbons (Fsp3) is 0.459. The van der Waals surface area contributed by atoms with Gasteiger partial charge in [-0.25, -0.2) is 5.01 Å². The van der Waals surface area contributed by atoms with E-state index < -0.39 is 30.0 Å². The van der Waals surface area contributed by atoms with Crippen LogP contribution in [0, 0.1) is 5.82 Å². The van der Waals surface area contributed by atoms with E-state index in [4.69, 9.17) is 18.3 Å². The Hall–Kier alpha value is -5.17. The van der Waals surface area contributed by atoms with Crippen LogP contribution in [0.25, 0.3) is 22.2 Å². The standard InChI is InChI=1S/C37H39F7N6O6/c1-3-51-31-17-22(18-32(33(31)38)52-4-2)21-48-13-9-23(10-14-48)50(35-46-28-20-26(56-37(42,43)44)6-8-30(28)54-35)24-11-15-49(16-12-24)47-34-45-27-19-25(55-36(39,40)41)5-7-29(27)53-34/h5-8,17-20,23-24H,3-4,9-16,21H2,1-2H3,(H,45,47). The van der Waals surface area contributed by atoms with Crippen molar-refractivity contribution in [1.82, 2.24) is 19.9 Å². The number of nitrogens with zero attached hydrogens (tertiary/aromatic N) is 5. The lowest BCUT2D eigenvalue weighted by Gasteiger charge is -2.44. The van der Waals surface area contributed by atoms with Crippen molar-refractivity contribution in [1.29, 1.82) is 0 Å². The summed E-state index contributed by atoms with van der Waals surface area (Å²) in [6, 6.07) is 11.1. The summed E-state index contributed by atoms with van der Waals surface area (Å²) in [6.45, 7) is 7.10. The van der Waals surface area contributed by atoms with Crippen LogP contribution < -0.4 is 29.3 Å². The second-order valence-electron chi connectivity index (χ2n) is 13.4. The van der Waals surface area contributed by atoms with Gasteiger partial charge in [-0.05, 0) is 81.5 Å². The van der Waals surface area contributed by atoms with Crippen LogP contribution in [0.4, 0.5) is 42.8 Å². The number of hydrogen-bond acceptors (Lipinski definition) is 12. The van der Waals surface area contributed by atoms with Crippen LogP contribution >= 0.6 is 0 Å². The third kappa shape index (κ3) is 9.43. The zero-order valence-electron chi connectivity index (χ0n) is 30.4. The van der Waals surface area contributed by atoms with Gasteiger partial charge in [-0.1, -0.05) is 0 Å². The van der Waals surface area contributed by atoms with Crippen LogP contribution in [0.2, 0.25) is 0 Å². The smallest absolute Gasteiger partial charge is 0.491 e. The first-order valence-corrected chi connectivity index (χ1v) is 18.2. The van der Waals surface area contributed by atoms with E-state index in [0.29, 0.717) is 77.2 Å². The van der Waals surface area contributed by atoms with E-state index in [0.717, 1.165) is 17.7 Å². The number of aromatic nitrogens is 2. The Labute approximate surface area is 316 Å². The summed E-state index contributed by atoms with van der Waals surface area (Å²) in [5.74, 6) is -1.09. The molecule has 56 heavy (non-hydrogen) atoms. The molecule has 1 N–H and O–H groups in total. The van der Waals surface area contributed by atoms with Gasteiger partial charge in [0.1, 0.15) is 22.5 Å². The molecule has 19 heteroatoms. The van der Waals surface area contributed by atoms with Gasteiger partial charge >= 0.3 is 18.7 Å². The summed E-state index contributed by atoms with van der Waals surface area (Å²) >= 11 is 0. The molecule has 2 aliphatic heterocycles. The maximum Gasteiger partial charge on any atom is 0.573 e. The van der Waals surface area contributed by atoms with E-state index >= 15 is 0 Å². The van der Waals surface area contributed by atoms with Gasteiger partial charge in [-0.3, -0.25) is 10.3 Å². The van der Waals surface area contributed by atoms with E-state index in [1.165, 1.54) is 24.3 Å². The molecule has 0 aliphatic carbocycles. The molecule has 5 aromatic rings. The molecule has 2 fully saturated rings. The Morgan fingerprint density at radius 3 is 1.79 bits per heavy atom. The van der Waals surface area contributed by atoms with Crippen molar-refractivity contribution in [2.75, 3.05) is 49.7 Å². The van der Waals surface area contributed by atoms with E-state index in [1.807, 2.05) is 5.01 Å². The minimum atomic E-state index is -4.87. The number of halogens is 7. The molecular formula is C37H39F7N6O6. The highest BCUT2D eigenvalue weighted by atomic mass is 19.4. The molecule has 2 saturated heterocycles. The van der Waals surface area contributed by atoms with Gasteiger partial charge in [0.2, 0.25) is 5.82 Å². The van der Waals surface area contributed by atoms with E-state index in [1.54, 1.807) is 26.0 Å². The number of anilines is 2. The average molecular weight is 797 g/mol. The number of alkyl halides is 6. The van der Waals surface area contributed by atoms with E-state index in [2.05, 4.69) is 34.7 Å². The Bertz CT molecular complexity index is 2080. The zero-order chi connectivity index (χ0) is 39.6. The number of likely N-dealkylation sites (tertiary alicyclic amines) is 1. The summed E-state index contributed by atoms with van der Waals surface area (Å²) in [4.78, 5) is 13.3. The molecule has 2 aliphatic rings. The number of oxazole rings is 2. The minimum Gasteiger partial charge on any atom is -0.491 e. The van der Waals surface area contributed by atoms with E-state index in [9.17, 15) is 30.7 Å². The summed E-state index contributed by atoms with van der Waals surface area (Å²) in [7, 11) is 0. The topological polar surface area (TPSA) is 111 Å². The molecule has 302 valence electrons. The normalized spacial score (nSPS) is 16.7. The molecule has 3 aromatic carbocycles. The lowest BCUT2D eigenvalue weighted by Crippen LogP contribution is -2.53. The largest absolute Gasteiger partial charge is 0.573 e. The van der Waals surface area contributed by atoms with Gasteiger partial charge in [-0.2, -0.15) is 14.4 Å². The molecular weight excluding hydrogens is 757 g/mol. The predicted octanol–water partition coefficient (Wildman–Crippen LogP) is 8.67. The highest BCUT2D eigenvalue weighted by Gasteiger charge is 2.36. The molecule has 0 spiro atoms. The van der Waals surface area contributed by atoms with E-state index in [-0.39, 0.29) is 52.2 Å². The van der Waals surface area contributed by atoms with Gasteiger partial charge in [0.05, 0.1) is 13.2 Å². The lowest BCUT2D eigenvalue weighted by atomic mass is 9.97. The molecule has 2 aromatic heterocycles. The molecule has 7 rings (SSSR count). The number of ether oxygens (including phenoxy) is 4. The van der Waals surface area contributed by atoms with Crippen LogP contribution in [0.1, 0.15) is 45.1 Å². The number of hydrogen-bond donors (Lipinski definition) is 1. The molecule has 0 radical (unpaired) electrons. The van der Waals surface area contributed by atoms with Gasteiger partial charge in [0.15, 0.2) is 22.7 Å². The fourth-order valence-electron chi connectivity index (χ4n) is 7.21. The third-order valence-electron chi connectivity index (χ3n) is 9.53. The maximum atomic E-state index is 14.9. The number of fused-ring (bicyclic) bond motifs is 2. The third-order valence-corrected chi connectivity index (χ3v) is 9.53. The molecule has 0 amide bonds. The van der Waals surface area contributed by atoms with Crippen molar-refractivity contribution in [3.63, 3.8) is 0 Å². The molecule has 0 unspecified atom stereocenters. The fourth-order valence-corrected chi connectivity index (χ4v) is 7.21. The van der Waals surface area contributed by atoms with Crippen LogP contribution in [-0.4, -0.2) is 84.1 Å². The van der Waals surface area contributed by atoms with Crippen molar-refractivity contribution < 1.29 is 58.5 Å². The summed E-state index contributed by atoms with van der Waals surface area (Å²) in [5, 5.41) is 1.89. The highest BCUT2D eigenvalue weighted by Crippen LogP contribution is 2.36. The first kappa shape index (κ1) is 39.1. The van der Waals surface area contributed by atoms with Crippen LogP contribution in [0.3, 0.4) is 0 Å². The van der Waals surface area contributed by atoms with Crippen molar-refractivity contribution in [2.24, 2.45) is 0 Å². The Morgan fingerprint density at radius 2 is 1.25 bits per heavy atom. The van der Waals surface area contributed by atoms with Crippen molar-refractivity contribution in [3.05, 3.63) is 59.9 Å². The number of nitrogens with one attached hydrogen (secondary N) is 1. The first-order valence-electron chi connectivity index (χ1n) is 18.2. The predicted molar refractivity (Wildman–Crippen MR) is 189 cm³/mol. The summed E-state index contributed by atoms with van der Waals surface area (Å²) in [5.41, 5.74) is 4.93. The Kier molecular flexibility index (Phi) is 11.3. The van der Waals surface area contributed by atoms with Crippen LogP contribution in [-0.2, 0) is 6.54 Å². The van der Waals surface area contributed by atoms with Crippen LogP contribution in [0.5, 0.6) is 23.0 Å². The van der Waals surface area contributed by atoms with Crippen molar-refractivity contribution in [3.8, 4) is 23.0 Å². The Morgan fingerprint density at radius 1 is 0.732 bits per heavy atom. The monoisotopic (exact) mass is 796 g/mol. The first-order chi connectivity index (χ1) is 26.7. The number of hydrazine groups is 1. The van der Waals surface area contributed by atoms with Crippen molar-refractivity contribution in [2.45, 2.75) is 70.9 Å². The molecule has 0 atom stereocenters. The second-order valence-corrected chi connectivity index (χ2v) is 13.4. The average Bonchev–Trinajstić information content (AvgIpc) is 3.73. The molecule has 4 heterocycles. The number of benzene rings is 3.